The smallest absolute Gasteiger partial charge is 0.332 e. The molecular weight excluding hydrogens is 272 g/mol. The number of amides is 1. The van der Waals surface area contributed by atoms with Crippen molar-refractivity contribution in [3.8, 4) is 6.07 Å². The van der Waals surface area contributed by atoms with Crippen LogP contribution in [0, 0.1) is 11.3 Å². The molecule has 1 fully saturated rings. The van der Waals surface area contributed by atoms with Crippen molar-refractivity contribution in [1.29, 1.82) is 5.26 Å². The quantitative estimate of drug-likeness (QED) is 0.897. The van der Waals surface area contributed by atoms with E-state index in [1.54, 1.807) is 31.3 Å². The lowest BCUT2D eigenvalue weighted by Gasteiger charge is -2.21. The number of nitriles is 1. The maximum Gasteiger partial charge on any atom is 0.332 e. The fourth-order valence-electron chi connectivity index (χ4n) is 2.28. The number of carbonyl (C=O) groups is 2. The minimum atomic E-state index is -1.03. The monoisotopic (exact) mass is 288 g/mol. The Balaban J connectivity index is 1.93. The van der Waals surface area contributed by atoms with E-state index in [0.717, 1.165) is 5.56 Å². The van der Waals surface area contributed by atoms with E-state index in [-0.39, 0.29) is 5.91 Å². The zero-order valence-corrected chi connectivity index (χ0v) is 11.7. The number of nitrogens with zero attached hydrogens (tertiary/aromatic N) is 2. The summed E-state index contributed by atoms with van der Waals surface area (Å²) < 4.78 is 5.25. The van der Waals surface area contributed by atoms with Crippen LogP contribution >= 0.6 is 0 Å². The Labute approximate surface area is 122 Å². The molecule has 1 aromatic carbocycles. The maximum absolute atomic E-state index is 12.2. The van der Waals surface area contributed by atoms with Gasteiger partial charge in [-0.1, -0.05) is 12.1 Å². The lowest BCUT2D eigenvalue weighted by Crippen LogP contribution is -2.36. The van der Waals surface area contributed by atoms with Gasteiger partial charge in [0.25, 0.3) is 5.91 Å². The highest BCUT2D eigenvalue weighted by molar-refractivity contribution is 5.82. The van der Waals surface area contributed by atoms with Crippen LogP contribution in [0.5, 0.6) is 0 Å². The molecule has 1 heterocycles. The van der Waals surface area contributed by atoms with Gasteiger partial charge in [-0.3, -0.25) is 4.79 Å². The molecule has 6 heteroatoms. The minimum absolute atomic E-state index is 0.219. The van der Waals surface area contributed by atoms with Crippen LogP contribution < -0.4 is 0 Å². The molecule has 1 aliphatic heterocycles. The van der Waals surface area contributed by atoms with Crippen molar-refractivity contribution >= 4 is 11.9 Å². The van der Waals surface area contributed by atoms with Crippen molar-refractivity contribution in [3.05, 3.63) is 35.4 Å². The molecular formula is C15H16N2O4. The number of hydrogen-bond acceptors (Lipinski definition) is 4. The molecule has 0 unspecified atom stereocenters. The van der Waals surface area contributed by atoms with E-state index in [9.17, 15) is 9.59 Å². The van der Waals surface area contributed by atoms with Crippen molar-refractivity contribution in [2.75, 3.05) is 7.05 Å². The molecule has 1 aromatic rings. The van der Waals surface area contributed by atoms with Crippen LogP contribution in [0.1, 0.15) is 24.0 Å². The van der Waals surface area contributed by atoms with Crippen molar-refractivity contribution in [3.63, 3.8) is 0 Å². The number of carbonyl (C=O) groups excluding carboxylic acids is 1. The van der Waals surface area contributed by atoms with Gasteiger partial charge < -0.3 is 14.7 Å². The van der Waals surface area contributed by atoms with Gasteiger partial charge in [0.15, 0.2) is 6.10 Å². The molecule has 2 rings (SSSR count). The number of rotatable bonds is 4. The summed E-state index contributed by atoms with van der Waals surface area (Å²) in [4.78, 5) is 24.5. The van der Waals surface area contributed by atoms with Gasteiger partial charge in [0.05, 0.1) is 11.6 Å². The third-order valence-corrected chi connectivity index (χ3v) is 3.45. The second-order valence-corrected chi connectivity index (χ2v) is 5.03. The number of likely N-dealkylation sites (N-methyl/N-ethyl adjacent to an activating group) is 1. The Morgan fingerprint density at radius 2 is 1.95 bits per heavy atom. The molecule has 1 saturated heterocycles. The Morgan fingerprint density at radius 1 is 1.33 bits per heavy atom. The summed E-state index contributed by atoms with van der Waals surface area (Å²) in [5.74, 6) is -1.25. The van der Waals surface area contributed by atoms with Crippen LogP contribution in [-0.2, 0) is 20.9 Å². The Morgan fingerprint density at radius 3 is 2.48 bits per heavy atom. The fourth-order valence-corrected chi connectivity index (χ4v) is 2.28. The van der Waals surface area contributed by atoms with Crippen LogP contribution in [0.4, 0.5) is 0 Å². The van der Waals surface area contributed by atoms with Gasteiger partial charge in [0, 0.05) is 13.6 Å². The summed E-state index contributed by atoms with van der Waals surface area (Å²) in [6, 6.07) is 9.00. The summed E-state index contributed by atoms with van der Waals surface area (Å²) in [5, 5.41) is 17.6. The Bertz CT molecular complexity index is 576. The van der Waals surface area contributed by atoms with Crippen LogP contribution in [0.25, 0.3) is 0 Å². The van der Waals surface area contributed by atoms with Gasteiger partial charge >= 0.3 is 5.97 Å². The van der Waals surface area contributed by atoms with Gasteiger partial charge in [0.2, 0.25) is 0 Å². The van der Waals surface area contributed by atoms with E-state index in [4.69, 9.17) is 15.1 Å². The summed E-state index contributed by atoms with van der Waals surface area (Å²) in [6.07, 6.45) is -0.791. The molecule has 0 radical (unpaired) electrons. The number of carboxylic acid groups (broad SMARTS) is 1. The molecule has 21 heavy (non-hydrogen) atoms. The number of carboxylic acids is 1. The predicted molar refractivity (Wildman–Crippen MR) is 73.2 cm³/mol. The normalized spacial score (nSPS) is 20.8. The summed E-state index contributed by atoms with van der Waals surface area (Å²) >= 11 is 0. The van der Waals surface area contributed by atoms with Crippen LogP contribution in [-0.4, -0.2) is 41.1 Å². The second kappa shape index (κ2) is 6.37. The SMILES string of the molecule is CN(Cc1ccc(C#N)cc1)C(=O)[C@@H]1CC[C@H](C(=O)O)O1. The summed E-state index contributed by atoms with van der Waals surface area (Å²) in [5.41, 5.74) is 1.47. The molecule has 0 spiro atoms. The minimum Gasteiger partial charge on any atom is -0.479 e. The van der Waals surface area contributed by atoms with Gasteiger partial charge in [-0.25, -0.2) is 4.79 Å². The highest BCUT2D eigenvalue weighted by atomic mass is 16.5. The van der Waals surface area contributed by atoms with E-state index in [0.29, 0.717) is 24.9 Å². The highest BCUT2D eigenvalue weighted by Gasteiger charge is 2.35. The number of ether oxygens (including phenoxy) is 1. The average Bonchev–Trinajstić information content (AvgIpc) is 2.97. The van der Waals surface area contributed by atoms with E-state index in [2.05, 4.69) is 0 Å². The average molecular weight is 288 g/mol. The second-order valence-electron chi connectivity index (χ2n) is 5.03. The third kappa shape index (κ3) is 3.58. The van der Waals surface area contributed by atoms with Crippen molar-refractivity contribution in [2.45, 2.75) is 31.6 Å². The van der Waals surface area contributed by atoms with Gasteiger partial charge in [-0.05, 0) is 30.5 Å². The number of aliphatic carboxylic acids is 1. The van der Waals surface area contributed by atoms with Gasteiger partial charge in [-0.2, -0.15) is 5.26 Å². The first-order valence-corrected chi connectivity index (χ1v) is 6.63. The largest absolute Gasteiger partial charge is 0.479 e. The van der Waals surface area contributed by atoms with Crippen molar-refractivity contribution in [1.82, 2.24) is 4.90 Å². The molecule has 1 amide bonds. The Kier molecular flexibility index (Phi) is 4.55. The standard InChI is InChI=1S/C15H16N2O4/c1-17(9-11-4-2-10(8-16)3-5-11)14(18)12-6-7-13(21-12)15(19)20/h2-5,12-13H,6-7,9H2,1H3,(H,19,20)/t12-,13+/m0/s1. The Hall–Kier alpha value is -2.39. The number of hydrogen-bond donors (Lipinski definition) is 1. The molecule has 2 atom stereocenters. The molecule has 0 aliphatic carbocycles. The molecule has 0 saturated carbocycles. The van der Waals surface area contributed by atoms with E-state index >= 15 is 0 Å². The van der Waals surface area contributed by atoms with E-state index in [1.165, 1.54) is 4.90 Å². The summed E-state index contributed by atoms with van der Waals surface area (Å²) in [7, 11) is 1.65. The van der Waals surface area contributed by atoms with Crippen LogP contribution in [0.15, 0.2) is 24.3 Å². The van der Waals surface area contributed by atoms with Crippen LogP contribution in [0.3, 0.4) is 0 Å². The highest BCUT2D eigenvalue weighted by Crippen LogP contribution is 2.22. The molecule has 0 aromatic heterocycles. The van der Waals surface area contributed by atoms with Crippen LogP contribution in [0.2, 0.25) is 0 Å². The fraction of sp³-hybridized carbons (Fsp3) is 0.400. The zero-order chi connectivity index (χ0) is 15.4. The first-order chi connectivity index (χ1) is 10.0. The summed E-state index contributed by atoms with van der Waals surface area (Å²) in [6.45, 7) is 0.391. The first kappa shape index (κ1) is 15.0. The lowest BCUT2D eigenvalue weighted by atomic mass is 10.1. The predicted octanol–water partition coefficient (Wildman–Crippen LogP) is 1.15. The lowest BCUT2D eigenvalue weighted by molar-refractivity contribution is -0.154. The first-order valence-electron chi connectivity index (χ1n) is 6.63. The third-order valence-electron chi connectivity index (χ3n) is 3.45. The van der Waals surface area contributed by atoms with E-state index < -0.39 is 18.2 Å². The van der Waals surface area contributed by atoms with Crippen molar-refractivity contribution in [2.24, 2.45) is 0 Å². The van der Waals surface area contributed by atoms with Gasteiger partial charge in [-0.15, -0.1) is 0 Å². The molecule has 110 valence electrons. The zero-order valence-electron chi connectivity index (χ0n) is 11.7. The molecule has 0 bridgehead atoms. The van der Waals surface area contributed by atoms with E-state index in [1.807, 2.05) is 6.07 Å². The van der Waals surface area contributed by atoms with Crippen molar-refractivity contribution < 1.29 is 19.4 Å². The molecule has 1 aliphatic rings. The molecule has 6 nitrogen and oxygen atoms in total. The molecule has 1 N–H and O–H groups in total. The number of benzene rings is 1. The maximum atomic E-state index is 12.2. The van der Waals surface area contributed by atoms with Gasteiger partial charge in [0.1, 0.15) is 6.10 Å². The topological polar surface area (TPSA) is 90.6 Å².